The van der Waals surface area contributed by atoms with Gasteiger partial charge in [-0.25, -0.2) is 0 Å². The van der Waals surface area contributed by atoms with Crippen molar-refractivity contribution in [1.29, 1.82) is 0 Å². The van der Waals surface area contributed by atoms with Gasteiger partial charge >= 0.3 is 0 Å². The molecule has 0 spiro atoms. The molecule has 2 bridgehead atoms. The van der Waals surface area contributed by atoms with Gasteiger partial charge in [0.15, 0.2) is 0 Å². The highest BCUT2D eigenvalue weighted by Gasteiger charge is 2.59. The number of carbonyl (C=O) groups excluding carboxylic acids is 1. The van der Waals surface area contributed by atoms with Gasteiger partial charge in [-0.3, -0.25) is 4.79 Å². The van der Waals surface area contributed by atoms with Crippen LogP contribution < -0.4 is 5.32 Å². The molecule has 2 aliphatic carbocycles. The highest BCUT2D eigenvalue weighted by molar-refractivity contribution is 5.93. The van der Waals surface area contributed by atoms with Crippen LogP contribution in [0, 0.1) is 5.92 Å². The van der Waals surface area contributed by atoms with Crippen molar-refractivity contribution in [3.8, 4) is 5.75 Å². The van der Waals surface area contributed by atoms with Gasteiger partial charge < -0.3 is 15.5 Å². The standard InChI is InChI=1S/C16H19NO3/c18-11-5-1-3-9-13(11)15(20)14-10-4-2-6-12(19)16(9,10)7-8-17-14/h1,3,5,10,14-15,17-18,20H,2,4,6-8H2/t10-,14-,15?,16+/m0/s1. The molecule has 1 heterocycles. The fraction of sp³-hybridized carbons (Fsp3) is 0.562. The van der Waals surface area contributed by atoms with Crippen LogP contribution in [0.25, 0.3) is 0 Å². The van der Waals surface area contributed by atoms with Crippen molar-refractivity contribution in [3.05, 3.63) is 29.3 Å². The number of phenols is 1. The van der Waals surface area contributed by atoms with Crippen LogP contribution in [-0.4, -0.2) is 28.6 Å². The van der Waals surface area contributed by atoms with Gasteiger partial charge in [-0.1, -0.05) is 12.1 Å². The number of aliphatic hydroxyl groups excluding tert-OH is 1. The molecule has 0 aromatic heterocycles. The maximum Gasteiger partial charge on any atom is 0.143 e. The second-order valence-electron chi connectivity index (χ2n) is 6.31. The number of aromatic hydroxyl groups is 1. The Morgan fingerprint density at radius 1 is 1.35 bits per heavy atom. The van der Waals surface area contributed by atoms with Crippen LogP contribution in [0.3, 0.4) is 0 Å². The monoisotopic (exact) mass is 273 g/mol. The average Bonchev–Trinajstić information content (AvgIpc) is 2.45. The maximum absolute atomic E-state index is 12.8. The minimum absolute atomic E-state index is 0.111. The lowest BCUT2D eigenvalue weighted by Gasteiger charge is -2.55. The number of Topliss-reactive ketones (excluding diaryl/α,β-unsaturated/α-hetero) is 1. The molecule has 4 heteroatoms. The van der Waals surface area contributed by atoms with Crippen LogP contribution in [0.1, 0.15) is 42.9 Å². The molecule has 3 aliphatic rings. The summed E-state index contributed by atoms with van der Waals surface area (Å²) < 4.78 is 0. The Labute approximate surface area is 117 Å². The number of piperidine rings is 1. The fourth-order valence-corrected chi connectivity index (χ4v) is 4.80. The normalized spacial score (nSPS) is 39.0. The van der Waals surface area contributed by atoms with Gasteiger partial charge in [0.25, 0.3) is 0 Å². The molecule has 4 rings (SSSR count). The summed E-state index contributed by atoms with van der Waals surface area (Å²) >= 11 is 0. The van der Waals surface area contributed by atoms with E-state index in [-0.39, 0.29) is 17.7 Å². The Balaban J connectivity index is 2.02. The van der Waals surface area contributed by atoms with E-state index >= 15 is 0 Å². The van der Waals surface area contributed by atoms with Gasteiger partial charge in [-0.2, -0.15) is 0 Å². The molecule has 0 amide bonds. The molecule has 1 aromatic carbocycles. The predicted octanol–water partition coefficient (Wildman–Crippen LogP) is 1.41. The molecule has 2 fully saturated rings. The average molecular weight is 273 g/mol. The summed E-state index contributed by atoms with van der Waals surface area (Å²) in [7, 11) is 0. The molecule has 1 unspecified atom stereocenters. The molecule has 3 N–H and O–H groups in total. The molecule has 20 heavy (non-hydrogen) atoms. The smallest absolute Gasteiger partial charge is 0.143 e. The number of benzene rings is 1. The first-order chi connectivity index (χ1) is 9.66. The molecular formula is C16H19NO3. The van der Waals surface area contributed by atoms with Crippen molar-refractivity contribution in [2.24, 2.45) is 5.92 Å². The Bertz CT molecular complexity index is 585. The van der Waals surface area contributed by atoms with E-state index in [1.165, 1.54) is 0 Å². The SMILES string of the molecule is O=C1CCC[C@H]2[C@@H]3NCC[C@]12c1cccc(O)c1C3O. The molecule has 1 saturated heterocycles. The van der Waals surface area contributed by atoms with Crippen molar-refractivity contribution in [3.63, 3.8) is 0 Å². The molecule has 1 aliphatic heterocycles. The number of aliphatic hydroxyl groups is 1. The third kappa shape index (κ3) is 1.31. The van der Waals surface area contributed by atoms with E-state index in [4.69, 9.17) is 0 Å². The van der Waals surface area contributed by atoms with Crippen LogP contribution in [0.2, 0.25) is 0 Å². The maximum atomic E-state index is 12.8. The Hall–Kier alpha value is -1.39. The number of phenolic OH excluding ortho intramolecular Hbond substituents is 1. The van der Waals surface area contributed by atoms with E-state index in [0.29, 0.717) is 17.8 Å². The number of ketones is 1. The lowest BCUT2D eigenvalue weighted by Crippen LogP contribution is -2.64. The van der Waals surface area contributed by atoms with Gasteiger partial charge in [-0.05, 0) is 43.4 Å². The van der Waals surface area contributed by atoms with Gasteiger partial charge in [0, 0.05) is 18.0 Å². The Morgan fingerprint density at radius 2 is 2.20 bits per heavy atom. The summed E-state index contributed by atoms with van der Waals surface area (Å²) in [6.45, 7) is 0.749. The van der Waals surface area contributed by atoms with E-state index < -0.39 is 11.5 Å². The number of hydrogen-bond donors (Lipinski definition) is 3. The topological polar surface area (TPSA) is 69.6 Å². The van der Waals surface area contributed by atoms with E-state index in [1.54, 1.807) is 12.1 Å². The lowest BCUT2D eigenvalue weighted by atomic mass is 9.51. The van der Waals surface area contributed by atoms with Gasteiger partial charge in [0.2, 0.25) is 0 Å². The second kappa shape index (κ2) is 4.06. The molecule has 1 aromatic rings. The molecule has 4 nitrogen and oxygen atoms in total. The highest BCUT2D eigenvalue weighted by atomic mass is 16.3. The second-order valence-corrected chi connectivity index (χ2v) is 6.31. The quantitative estimate of drug-likeness (QED) is 0.668. The summed E-state index contributed by atoms with van der Waals surface area (Å²) in [6.07, 6.45) is 2.54. The minimum atomic E-state index is -0.726. The number of carbonyl (C=O) groups is 1. The van der Waals surface area contributed by atoms with Crippen molar-refractivity contribution < 1.29 is 15.0 Å². The number of hydrogen-bond acceptors (Lipinski definition) is 4. The molecule has 106 valence electrons. The molecule has 4 atom stereocenters. The third-order valence-electron chi connectivity index (χ3n) is 5.58. The van der Waals surface area contributed by atoms with Crippen molar-refractivity contribution >= 4 is 5.78 Å². The van der Waals surface area contributed by atoms with Gasteiger partial charge in [-0.15, -0.1) is 0 Å². The molecular weight excluding hydrogens is 254 g/mol. The summed E-state index contributed by atoms with van der Waals surface area (Å²) in [5, 5.41) is 24.2. The number of rotatable bonds is 0. The van der Waals surface area contributed by atoms with Gasteiger partial charge in [0.1, 0.15) is 11.5 Å². The first-order valence-electron chi connectivity index (χ1n) is 7.43. The summed E-state index contributed by atoms with van der Waals surface area (Å²) in [4.78, 5) is 12.8. The van der Waals surface area contributed by atoms with Gasteiger partial charge in [0.05, 0.1) is 11.5 Å². The van der Waals surface area contributed by atoms with E-state index in [1.807, 2.05) is 6.07 Å². The number of fused-ring (bicyclic) bond motifs is 1. The summed E-state index contributed by atoms with van der Waals surface area (Å²) in [6, 6.07) is 5.20. The fourth-order valence-electron chi connectivity index (χ4n) is 4.80. The first kappa shape index (κ1) is 12.4. The zero-order chi connectivity index (χ0) is 13.9. The van der Waals surface area contributed by atoms with Crippen LogP contribution in [-0.2, 0) is 10.2 Å². The van der Waals surface area contributed by atoms with E-state index in [9.17, 15) is 15.0 Å². The highest BCUT2D eigenvalue weighted by Crippen LogP contribution is 2.56. The van der Waals surface area contributed by atoms with Crippen LogP contribution in [0.5, 0.6) is 5.75 Å². The van der Waals surface area contributed by atoms with E-state index in [2.05, 4.69) is 5.32 Å². The zero-order valence-electron chi connectivity index (χ0n) is 11.3. The molecule has 0 radical (unpaired) electrons. The third-order valence-corrected chi connectivity index (χ3v) is 5.58. The molecule has 1 saturated carbocycles. The Morgan fingerprint density at radius 3 is 3.05 bits per heavy atom. The number of nitrogens with one attached hydrogen (secondary N) is 1. The first-order valence-corrected chi connectivity index (χ1v) is 7.43. The minimum Gasteiger partial charge on any atom is -0.508 e. The summed E-state index contributed by atoms with van der Waals surface area (Å²) in [5.41, 5.74) is 0.954. The van der Waals surface area contributed by atoms with Crippen molar-refractivity contribution in [1.82, 2.24) is 5.32 Å². The van der Waals surface area contributed by atoms with Crippen molar-refractivity contribution in [2.45, 2.75) is 43.2 Å². The lowest BCUT2D eigenvalue weighted by molar-refractivity contribution is -0.134. The largest absolute Gasteiger partial charge is 0.508 e. The van der Waals surface area contributed by atoms with Crippen LogP contribution >= 0.6 is 0 Å². The van der Waals surface area contributed by atoms with E-state index in [0.717, 1.165) is 31.4 Å². The van der Waals surface area contributed by atoms with Crippen molar-refractivity contribution in [2.75, 3.05) is 6.54 Å². The Kier molecular flexibility index (Phi) is 2.51. The zero-order valence-corrected chi connectivity index (χ0v) is 11.3. The van der Waals surface area contributed by atoms with Crippen LogP contribution in [0.4, 0.5) is 0 Å². The summed E-state index contributed by atoms with van der Waals surface area (Å²) in [5.74, 6) is 0.556. The van der Waals surface area contributed by atoms with Crippen LogP contribution in [0.15, 0.2) is 18.2 Å². The predicted molar refractivity (Wildman–Crippen MR) is 73.5 cm³/mol.